The fourth-order valence-electron chi connectivity index (χ4n) is 3.44. The number of hydrogen-bond acceptors (Lipinski definition) is 4. The molecule has 0 aromatic heterocycles. The molecule has 3 rings (SSSR count). The summed E-state index contributed by atoms with van der Waals surface area (Å²) in [5.74, 6) is -5.15. The first kappa shape index (κ1) is 21.2. The van der Waals surface area contributed by atoms with E-state index in [2.05, 4.69) is 5.32 Å². The molecule has 2 atom stereocenters. The first-order chi connectivity index (χ1) is 14.3. The van der Waals surface area contributed by atoms with Crippen LogP contribution in [0.25, 0.3) is 11.1 Å². The van der Waals surface area contributed by atoms with Crippen LogP contribution >= 0.6 is 0 Å². The number of aliphatic carboxylic acids is 1. The van der Waals surface area contributed by atoms with Gasteiger partial charge in [0.1, 0.15) is 12.4 Å². The molecule has 2 unspecified atom stereocenters. The summed E-state index contributed by atoms with van der Waals surface area (Å²) in [5, 5.41) is 10.8. The van der Waals surface area contributed by atoms with Crippen molar-refractivity contribution in [1.29, 1.82) is 0 Å². The summed E-state index contributed by atoms with van der Waals surface area (Å²) in [6, 6.07) is 13.1. The molecule has 8 heteroatoms. The molecule has 1 fully saturated rings. The number of ketones is 1. The Morgan fingerprint density at radius 2 is 1.63 bits per heavy atom. The van der Waals surface area contributed by atoms with Gasteiger partial charge >= 0.3 is 5.97 Å². The summed E-state index contributed by atoms with van der Waals surface area (Å²) < 4.78 is 13.1. The number of carboxylic acids is 1. The number of carbonyl (C=O) groups is 4. The lowest BCUT2D eigenvalue weighted by Crippen LogP contribution is -2.55. The Labute approximate surface area is 172 Å². The van der Waals surface area contributed by atoms with Crippen molar-refractivity contribution in [1.82, 2.24) is 10.2 Å². The first-order valence-electron chi connectivity index (χ1n) is 9.44. The van der Waals surface area contributed by atoms with Gasteiger partial charge in [-0.25, -0.2) is 4.39 Å². The molecule has 0 spiro atoms. The molecule has 2 aromatic rings. The zero-order valence-corrected chi connectivity index (χ0v) is 16.3. The van der Waals surface area contributed by atoms with Crippen LogP contribution in [0.3, 0.4) is 0 Å². The number of amides is 2. The molecule has 2 aromatic carbocycles. The summed E-state index contributed by atoms with van der Waals surface area (Å²) in [6.07, 6.45) is 0.0184. The maximum absolute atomic E-state index is 13.1. The van der Waals surface area contributed by atoms with E-state index < -0.39 is 36.0 Å². The average Bonchev–Trinajstić information content (AvgIpc) is 2.70. The molecule has 2 N–H and O–H groups in total. The third-order valence-electron chi connectivity index (χ3n) is 5.04. The normalized spacial score (nSPS) is 18.9. The minimum Gasteiger partial charge on any atom is -0.480 e. The Hall–Kier alpha value is -3.55. The molecule has 0 radical (unpaired) electrons. The Morgan fingerprint density at radius 1 is 1.07 bits per heavy atom. The minimum atomic E-state index is -1.53. The molecular formula is C22H21FN2O5. The average molecular weight is 412 g/mol. The highest BCUT2D eigenvalue weighted by molar-refractivity contribution is 6.19. The third kappa shape index (κ3) is 4.71. The molecule has 7 nitrogen and oxygen atoms in total. The second kappa shape index (κ2) is 8.86. The molecule has 1 heterocycles. The maximum atomic E-state index is 13.1. The Bertz CT molecular complexity index is 972. The van der Waals surface area contributed by atoms with Crippen LogP contribution in [0.4, 0.5) is 4.39 Å². The van der Waals surface area contributed by atoms with Crippen LogP contribution in [-0.2, 0) is 25.7 Å². The largest absolute Gasteiger partial charge is 0.480 e. The quantitative estimate of drug-likeness (QED) is 0.707. The highest BCUT2D eigenvalue weighted by atomic mass is 19.1. The number of halogens is 1. The van der Waals surface area contributed by atoms with E-state index in [0.717, 1.165) is 16.7 Å². The van der Waals surface area contributed by atoms with Crippen molar-refractivity contribution in [2.24, 2.45) is 5.92 Å². The van der Waals surface area contributed by atoms with Crippen LogP contribution in [0, 0.1) is 11.7 Å². The fourth-order valence-corrected chi connectivity index (χ4v) is 3.44. The SMILES string of the molecule is CC1CC(=O)C(C(=O)NCC(=O)O)C(=O)N1Cc1ccc(-c2ccc(F)cc2)cc1. The number of nitrogens with zero attached hydrogens (tertiary/aromatic N) is 1. The Balaban J connectivity index is 1.73. The minimum absolute atomic E-state index is 0.0184. The van der Waals surface area contributed by atoms with Gasteiger partial charge in [-0.1, -0.05) is 36.4 Å². The molecule has 0 aliphatic carbocycles. The second-order valence-electron chi connectivity index (χ2n) is 7.23. The number of likely N-dealkylation sites (tertiary alicyclic amines) is 1. The van der Waals surface area contributed by atoms with E-state index in [1.54, 1.807) is 19.1 Å². The van der Waals surface area contributed by atoms with E-state index in [1.165, 1.54) is 17.0 Å². The van der Waals surface area contributed by atoms with Gasteiger partial charge in [0.15, 0.2) is 11.7 Å². The van der Waals surface area contributed by atoms with Gasteiger partial charge in [0.05, 0.1) is 0 Å². The van der Waals surface area contributed by atoms with Crippen LogP contribution in [0.2, 0.25) is 0 Å². The van der Waals surface area contributed by atoms with Gasteiger partial charge in [0.2, 0.25) is 11.8 Å². The Morgan fingerprint density at radius 3 is 2.20 bits per heavy atom. The van der Waals surface area contributed by atoms with Crippen LogP contribution < -0.4 is 5.32 Å². The van der Waals surface area contributed by atoms with Crippen LogP contribution in [-0.4, -0.2) is 46.2 Å². The molecule has 0 saturated carbocycles. The van der Waals surface area contributed by atoms with Gasteiger partial charge in [0.25, 0.3) is 0 Å². The standard InChI is InChI=1S/C22H21FN2O5/c1-13-10-18(26)20(21(29)24-11-19(27)28)22(30)25(13)12-14-2-4-15(5-3-14)16-6-8-17(23)9-7-16/h2-9,13,20H,10-12H2,1H3,(H,24,29)(H,27,28). The number of Topliss-reactive ketones (excluding diaryl/α,β-unsaturated/α-hetero) is 1. The Kier molecular flexibility index (Phi) is 6.25. The number of hydrogen-bond donors (Lipinski definition) is 2. The van der Waals surface area contributed by atoms with Gasteiger partial charge in [-0.05, 0) is 35.7 Å². The lowest BCUT2D eigenvalue weighted by Gasteiger charge is -2.36. The van der Waals surface area contributed by atoms with E-state index in [-0.39, 0.29) is 24.8 Å². The third-order valence-corrected chi connectivity index (χ3v) is 5.04. The molecule has 1 saturated heterocycles. The monoisotopic (exact) mass is 412 g/mol. The van der Waals surface area contributed by atoms with Crippen molar-refractivity contribution >= 4 is 23.6 Å². The zero-order chi connectivity index (χ0) is 21.8. The van der Waals surface area contributed by atoms with Gasteiger partial charge in [-0.15, -0.1) is 0 Å². The predicted octanol–water partition coefficient (Wildman–Crippen LogP) is 2.00. The highest BCUT2D eigenvalue weighted by Crippen LogP contribution is 2.25. The number of carboxylic acid groups (broad SMARTS) is 1. The summed E-state index contributed by atoms with van der Waals surface area (Å²) in [7, 11) is 0. The molecular weight excluding hydrogens is 391 g/mol. The van der Waals surface area contributed by atoms with E-state index >= 15 is 0 Å². The molecule has 0 bridgehead atoms. The molecule has 1 aliphatic heterocycles. The van der Waals surface area contributed by atoms with Gasteiger partial charge in [-0.2, -0.15) is 0 Å². The molecule has 156 valence electrons. The zero-order valence-electron chi connectivity index (χ0n) is 16.3. The fraction of sp³-hybridized carbons (Fsp3) is 0.273. The van der Waals surface area contributed by atoms with Gasteiger partial charge in [0, 0.05) is 19.0 Å². The van der Waals surface area contributed by atoms with Crippen LogP contribution in [0.15, 0.2) is 48.5 Å². The summed E-state index contributed by atoms with van der Waals surface area (Å²) in [5.41, 5.74) is 2.55. The predicted molar refractivity (Wildman–Crippen MR) is 106 cm³/mol. The lowest BCUT2D eigenvalue weighted by atomic mass is 9.89. The summed E-state index contributed by atoms with van der Waals surface area (Å²) >= 11 is 0. The van der Waals surface area contributed by atoms with E-state index in [0.29, 0.717) is 0 Å². The maximum Gasteiger partial charge on any atom is 0.322 e. The molecule has 1 aliphatic rings. The van der Waals surface area contributed by atoms with Crippen molar-refractivity contribution in [3.05, 3.63) is 59.9 Å². The highest BCUT2D eigenvalue weighted by Gasteiger charge is 2.43. The number of rotatable bonds is 6. The van der Waals surface area contributed by atoms with E-state index in [1.807, 2.05) is 24.3 Å². The van der Waals surface area contributed by atoms with E-state index in [4.69, 9.17) is 5.11 Å². The second-order valence-corrected chi connectivity index (χ2v) is 7.23. The summed E-state index contributed by atoms with van der Waals surface area (Å²) in [6.45, 7) is 1.28. The number of carbonyl (C=O) groups excluding carboxylic acids is 3. The van der Waals surface area contributed by atoms with Crippen LogP contribution in [0.5, 0.6) is 0 Å². The first-order valence-corrected chi connectivity index (χ1v) is 9.44. The van der Waals surface area contributed by atoms with Crippen molar-refractivity contribution in [3.63, 3.8) is 0 Å². The van der Waals surface area contributed by atoms with E-state index in [9.17, 15) is 23.6 Å². The number of piperidine rings is 1. The van der Waals surface area contributed by atoms with Crippen molar-refractivity contribution in [2.75, 3.05) is 6.54 Å². The molecule has 30 heavy (non-hydrogen) atoms. The van der Waals surface area contributed by atoms with Crippen molar-refractivity contribution < 1.29 is 28.7 Å². The lowest BCUT2D eigenvalue weighted by molar-refractivity contribution is -0.154. The smallest absolute Gasteiger partial charge is 0.322 e. The summed E-state index contributed by atoms with van der Waals surface area (Å²) in [4.78, 5) is 49.3. The van der Waals surface area contributed by atoms with Crippen molar-refractivity contribution in [2.45, 2.75) is 25.9 Å². The van der Waals surface area contributed by atoms with Crippen molar-refractivity contribution in [3.8, 4) is 11.1 Å². The van der Waals surface area contributed by atoms with Gasteiger partial charge in [-0.3, -0.25) is 19.2 Å². The number of benzene rings is 2. The van der Waals surface area contributed by atoms with Gasteiger partial charge < -0.3 is 15.3 Å². The number of nitrogens with one attached hydrogen (secondary N) is 1. The van der Waals surface area contributed by atoms with Crippen LogP contribution in [0.1, 0.15) is 18.9 Å². The molecule has 2 amide bonds. The topological polar surface area (TPSA) is 104 Å².